The molecule has 0 amide bonds. The Morgan fingerprint density at radius 1 is 1.20 bits per heavy atom. The third-order valence-corrected chi connectivity index (χ3v) is 4.64. The van der Waals surface area contributed by atoms with E-state index in [0.717, 1.165) is 18.9 Å². The molecule has 0 spiro atoms. The Balaban J connectivity index is 1.70. The van der Waals surface area contributed by atoms with Gasteiger partial charge in [0.05, 0.1) is 0 Å². The Hall–Kier alpha value is -0.860. The second-order valence-corrected chi connectivity index (χ2v) is 6.30. The summed E-state index contributed by atoms with van der Waals surface area (Å²) in [7, 11) is 0. The fourth-order valence-corrected chi connectivity index (χ4v) is 2.88. The standard InChI is InChI=1S/C18H30N2/c1-4-17-5-7-18(8-6-17)16(3)19-11-14-20-12-9-15(2)10-13-20/h5-8,15-16,19H,4,9-14H2,1-3H3. The minimum absolute atomic E-state index is 0.449. The predicted molar refractivity (Wildman–Crippen MR) is 87.1 cm³/mol. The minimum atomic E-state index is 0.449. The number of aryl methyl sites for hydroxylation is 1. The van der Waals surface area contributed by atoms with E-state index in [4.69, 9.17) is 0 Å². The molecule has 20 heavy (non-hydrogen) atoms. The highest BCUT2D eigenvalue weighted by atomic mass is 15.1. The van der Waals surface area contributed by atoms with Crippen molar-refractivity contribution in [3.8, 4) is 0 Å². The van der Waals surface area contributed by atoms with Crippen LogP contribution < -0.4 is 5.32 Å². The molecule has 1 unspecified atom stereocenters. The quantitative estimate of drug-likeness (QED) is 0.852. The van der Waals surface area contributed by atoms with Crippen LogP contribution in [0.2, 0.25) is 0 Å². The first-order valence-corrected chi connectivity index (χ1v) is 8.23. The van der Waals surface area contributed by atoms with Crippen molar-refractivity contribution >= 4 is 0 Å². The molecule has 2 heteroatoms. The third-order valence-electron chi connectivity index (χ3n) is 4.64. The van der Waals surface area contributed by atoms with Crippen LogP contribution in [0.1, 0.15) is 50.8 Å². The van der Waals surface area contributed by atoms with Gasteiger partial charge in [-0.05, 0) is 56.3 Å². The van der Waals surface area contributed by atoms with Gasteiger partial charge in [-0.2, -0.15) is 0 Å². The molecule has 112 valence electrons. The molecular formula is C18H30N2. The first-order chi connectivity index (χ1) is 9.69. The Labute approximate surface area is 124 Å². The van der Waals surface area contributed by atoms with Crippen molar-refractivity contribution < 1.29 is 0 Å². The largest absolute Gasteiger partial charge is 0.309 e. The van der Waals surface area contributed by atoms with Gasteiger partial charge in [-0.25, -0.2) is 0 Å². The smallest absolute Gasteiger partial charge is 0.0292 e. The molecule has 0 saturated carbocycles. The van der Waals surface area contributed by atoms with Crippen LogP contribution in [-0.4, -0.2) is 31.1 Å². The van der Waals surface area contributed by atoms with Crippen molar-refractivity contribution in [2.45, 2.75) is 46.1 Å². The molecule has 1 aromatic carbocycles. The van der Waals surface area contributed by atoms with E-state index in [-0.39, 0.29) is 0 Å². The number of hydrogen-bond acceptors (Lipinski definition) is 2. The van der Waals surface area contributed by atoms with Gasteiger partial charge in [0.2, 0.25) is 0 Å². The molecular weight excluding hydrogens is 244 g/mol. The molecule has 2 nitrogen and oxygen atoms in total. The van der Waals surface area contributed by atoms with Crippen LogP contribution >= 0.6 is 0 Å². The van der Waals surface area contributed by atoms with Gasteiger partial charge in [-0.15, -0.1) is 0 Å². The maximum Gasteiger partial charge on any atom is 0.0292 e. The van der Waals surface area contributed by atoms with Gasteiger partial charge in [0.15, 0.2) is 0 Å². The summed E-state index contributed by atoms with van der Waals surface area (Å²) >= 11 is 0. The summed E-state index contributed by atoms with van der Waals surface area (Å²) in [6.07, 6.45) is 3.86. The van der Waals surface area contributed by atoms with E-state index < -0.39 is 0 Å². The lowest BCUT2D eigenvalue weighted by Gasteiger charge is -2.30. The summed E-state index contributed by atoms with van der Waals surface area (Å²) in [5.41, 5.74) is 2.82. The van der Waals surface area contributed by atoms with E-state index in [0.29, 0.717) is 6.04 Å². The molecule has 1 aliphatic rings. The zero-order valence-electron chi connectivity index (χ0n) is 13.4. The van der Waals surface area contributed by atoms with Gasteiger partial charge in [0.25, 0.3) is 0 Å². The number of nitrogens with zero attached hydrogens (tertiary/aromatic N) is 1. The zero-order valence-corrected chi connectivity index (χ0v) is 13.4. The normalized spacial score (nSPS) is 19.1. The first-order valence-electron chi connectivity index (χ1n) is 8.23. The molecule has 1 aromatic rings. The number of piperidine rings is 1. The topological polar surface area (TPSA) is 15.3 Å². The predicted octanol–water partition coefficient (Wildman–Crippen LogP) is 3.63. The molecule has 0 radical (unpaired) electrons. The number of likely N-dealkylation sites (tertiary alicyclic amines) is 1. The van der Waals surface area contributed by atoms with Crippen LogP contribution in [-0.2, 0) is 6.42 Å². The van der Waals surface area contributed by atoms with Gasteiger partial charge in [-0.1, -0.05) is 38.1 Å². The monoisotopic (exact) mass is 274 g/mol. The molecule has 0 aromatic heterocycles. The third kappa shape index (κ3) is 4.60. The maximum absolute atomic E-state index is 3.65. The number of nitrogens with one attached hydrogen (secondary N) is 1. The molecule has 1 aliphatic heterocycles. The Bertz CT molecular complexity index is 377. The van der Waals surface area contributed by atoms with E-state index in [2.05, 4.69) is 55.3 Å². The highest BCUT2D eigenvalue weighted by Crippen LogP contribution is 2.16. The Kier molecular flexibility index (Phi) is 6.06. The van der Waals surface area contributed by atoms with Crippen molar-refractivity contribution in [1.82, 2.24) is 10.2 Å². The molecule has 1 atom stereocenters. The minimum Gasteiger partial charge on any atom is -0.309 e. The van der Waals surface area contributed by atoms with Crippen LogP contribution in [0.4, 0.5) is 0 Å². The summed E-state index contributed by atoms with van der Waals surface area (Å²) in [4.78, 5) is 2.60. The van der Waals surface area contributed by atoms with Crippen molar-refractivity contribution in [2.24, 2.45) is 5.92 Å². The molecule has 1 heterocycles. The van der Waals surface area contributed by atoms with Crippen molar-refractivity contribution in [3.05, 3.63) is 35.4 Å². The van der Waals surface area contributed by atoms with Crippen molar-refractivity contribution in [1.29, 1.82) is 0 Å². The molecule has 0 aliphatic carbocycles. The zero-order chi connectivity index (χ0) is 14.4. The lowest BCUT2D eigenvalue weighted by atomic mass is 9.99. The second kappa shape index (κ2) is 7.80. The first kappa shape index (κ1) is 15.5. The van der Waals surface area contributed by atoms with E-state index in [1.165, 1.54) is 43.6 Å². The SMILES string of the molecule is CCc1ccc(C(C)NCCN2CCC(C)CC2)cc1. The highest BCUT2D eigenvalue weighted by Gasteiger charge is 2.15. The van der Waals surface area contributed by atoms with Gasteiger partial charge in [0, 0.05) is 19.1 Å². The van der Waals surface area contributed by atoms with Crippen molar-refractivity contribution in [3.63, 3.8) is 0 Å². The van der Waals surface area contributed by atoms with Gasteiger partial charge < -0.3 is 10.2 Å². The highest BCUT2D eigenvalue weighted by molar-refractivity contribution is 5.24. The number of benzene rings is 1. The van der Waals surface area contributed by atoms with E-state index in [1.807, 2.05) is 0 Å². The van der Waals surface area contributed by atoms with Crippen molar-refractivity contribution in [2.75, 3.05) is 26.2 Å². The summed E-state index contributed by atoms with van der Waals surface area (Å²) in [6, 6.07) is 9.47. The molecule has 1 N–H and O–H groups in total. The average molecular weight is 274 g/mol. The lowest BCUT2D eigenvalue weighted by molar-refractivity contribution is 0.191. The average Bonchev–Trinajstić information content (AvgIpc) is 2.49. The van der Waals surface area contributed by atoms with Gasteiger partial charge in [-0.3, -0.25) is 0 Å². The maximum atomic E-state index is 3.65. The van der Waals surface area contributed by atoms with E-state index >= 15 is 0 Å². The summed E-state index contributed by atoms with van der Waals surface area (Å²) in [5.74, 6) is 0.926. The van der Waals surface area contributed by atoms with Crippen LogP contribution in [0, 0.1) is 5.92 Å². The second-order valence-electron chi connectivity index (χ2n) is 6.30. The summed E-state index contributed by atoms with van der Waals surface area (Å²) < 4.78 is 0. The lowest BCUT2D eigenvalue weighted by Crippen LogP contribution is -2.38. The molecule has 2 rings (SSSR count). The molecule has 1 fully saturated rings. The van der Waals surface area contributed by atoms with Crippen LogP contribution in [0.25, 0.3) is 0 Å². The Morgan fingerprint density at radius 3 is 2.45 bits per heavy atom. The van der Waals surface area contributed by atoms with E-state index in [1.54, 1.807) is 0 Å². The van der Waals surface area contributed by atoms with Crippen LogP contribution in [0.3, 0.4) is 0 Å². The Morgan fingerprint density at radius 2 is 1.85 bits per heavy atom. The van der Waals surface area contributed by atoms with Crippen LogP contribution in [0.5, 0.6) is 0 Å². The number of hydrogen-bond donors (Lipinski definition) is 1. The molecule has 1 saturated heterocycles. The van der Waals surface area contributed by atoms with E-state index in [9.17, 15) is 0 Å². The number of rotatable bonds is 6. The van der Waals surface area contributed by atoms with Crippen LogP contribution in [0.15, 0.2) is 24.3 Å². The molecule has 0 bridgehead atoms. The summed E-state index contributed by atoms with van der Waals surface area (Å²) in [5, 5.41) is 3.65. The van der Waals surface area contributed by atoms with Gasteiger partial charge in [0.1, 0.15) is 0 Å². The fraction of sp³-hybridized carbons (Fsp3) is 0.667. The van der Waals surface area contributed by atoms with Gasteiger partial charge >= 0.3 is 0 Å². The summed E-state index contributed by atoms with van der Waals surface area (Å²) in [6.45, 7) is 11.7. The fourth-order valence-electron chi connectivity index (χ4n) is 2.88.